The number of anilines is 1. The average Bonchev–Trinajstić information content (AvgIpc) is 3.20. The van der Waals surface area contributed by atoms with Crippen LogP contribution in [0.4, 0.5) is 5.69 Å². The van der Waals surface area contributed by atoms with Gasteiger partial charge in [0.1, 0.15) is 12.2 Å². The predicted octanol–water partition coefficient (Wildman–Crippen LogP) is 5.71. The minimum atomic E-state index is -0.343. The molecule has 0 atom stereocenters. The van der Waals surface area contributed by atoms with Gasteiger partial charge in [0.2, 0.25) is 5.91 Å². The maximum atomic E-state index is 13.5. The Morgan fingerprint density at radius 2 is 1.86 bits per heavy atom. The third-order valence-electron chi connectivity index (χ3n) is 6.00. The second kappa shape index (κ2) is 12.1. The van der Waals surface area contributed by atoms with Gasteiger partial charge in [-0.25, -0.2) is 0 Å². The number of halogens is 1. The van der Waals surface area contributed by atoms with Crippen LogP contribution < -0.4 is 14.8 Å². The SMILES string of the molecule is CC(C)Cc1cc(C(=O)N2CCCCCOc3ccccc3Oc3ccc(Cl)cc3NC(=O)C2)n(C)n1. The van der Waals surface area contributed by atoms with Crippen molar-refractivity contribution in [2.75, 3.05) is 25.0 Å². The van der Waals surface area contributed by atoms with E-state index in [0.29, 0.717) is 52.7 Å². The molecule has 3 aromatic rings. The normalized spacial score (nSPS) is 14.9. The molecule has 2 aromatic carbocycles. The number of amides is 2. The Balaban J connectivity index is 1.60. The molecule has 0 fully saturated rings. The number of aromatic nitrogens is 2. The van der Waals surface area contributed by atoms with Gasteiger partial charge in [-0.2, -0.15) is 5.10 Å². The molecule has 1 aliphatic heterocycles. The molecular weight excluding hydrogens is 492 g/mol. The lowest BCUT2D eigenvalue weighted by Crippen LogP contribution is -2.39. The molecule has 4 rings (SSSR count). The number of carbonyl (C=O) groups excluding carboxylic acids is 2. The number of benzene rings is 2. The highest BCUT2D eigenvalue weighted by molar-refractivity contribution is 6.31. The Morgan fingerprint density at radius 1 is 1.08 bits per heavy atom. The molecule has 0 spiro atoms. The van der Waals surface area contributed by atoms with Gasteiger partial charge in [-0.15, -0.1) is 0 Å². The Kier molecular flexibility index (Phi) is 8.71. The Labute approximate surface area is 222 Å². The summed E-state index contributed by atoms with van der Waals surface area (Å²) in [6.45, 7) is 5.06. The van der Waals surface area contributed by atoms with E-state index in [9.17, 15) is 9.59 Å². The molecule has 0 bridgehead atoms. The first-order valence-electron chi connectivity index (χ1n) is 12.6. The summed E-state index contributed by atoms with van der Waals surface area (Å²) >= 11 is 6.23. The van der Waals surface area contributed by atoms with Gasteiger partial charge in [-0.3, -0.25) is 14.3 Å². The number of nitrogens with zero attached hydrogens (tertiary/aromatic N) is 3. The van der Waals surface area contributed by atoms with Crippen molar-refractivity contribution in [2.24, 2.45) is 13.0 Å². The van der Waals surface area contributed by atoms with Crippen molar-refractivity contribution < 1.29 is 19.1 Å². The summed E-state index contributed by atoms with van der Waals surface area (Å²) in [6.07, 6.45) is 3.16. The maximum Gasteiger partial charge on any atom is 0.272 e. The van der Waals surface area contributed by atoms with Gasteiger partial charge >= 0.3 is 0 Å². The smallest absolute Gasteiger partial charge is 0.272 e. The number of fused-ring (bicyclic) bond motifs is 2. The van der Waals surface area contributed by atoms with Crippen LogP contribution in [0.2, 0.25) is 5.02 Å². The number of ether oxygens (including phenoxy) is 2. The third-order valence-corrected chi connectivity index (χ3v) is 6.24. The number of carbonyl (C=O) groups is 2. The monoisotopic (exact) mass is 524 g/mol. The van der Waals surface area contributed by atoms with Crippen molar-refractivity contribution in [2.45, 2.75) is 39.5 Å². The van der Waals surface area contributed by atoms with Gasteiger partial charge in [-0.1, -0.05) is 37.6 Å². The first-order chi connectivity index (χ1) is 17.8. The van der Waals surface area contributed by atoms with E-state index in [4.69, 9.17) is 21.1 Å². The topological polar surface area (TPSA) is 85.7 Å². The lowest BCUT2D eigenvalue weighted by atomic mass is 10.1. The molecule has 1 N–H and O–H groups in total. The van der Waals surface area contributed by atoms with Crippen LogP contribution in [0.1, 0.15) is 49.3 Å². The molecule has 2 heterocycles. The van der Waals surface area contributed by atoms with Crippen LogP contribution in [0.15, 0.2) is 48.5 Å². The number of aryl methyl sites for hydroxylation is 1. The fourth-order valence-corrected chi connectivity index (χ4v) is 4.42. The van der Waals surface area contributed by atoms with Crippen LogP contribution in [-0.2, 0) is 18.3 Å². The fraction of sp³-hybridized carbons (Fsp3) is 0.393. The highest BCUT2D eigenvalue weighted by atomic mass is 35.5. The molecule has 1 aliphatic rings. The zero-order valence-electron chi connectivity index (χ0n) is 21.5. The molecule has 9 heteroatoms. The molecule has 37 heavy (non-hydrogen) atoms. The minimum absolute atomic E-state index is 0.109. The average molecular weight is 525 g/mol. The largest absolute Gasteiger partial charge is 0.490 e. The molecule has 0 unspecified atom stereocenters. The van der Waals surface area contributed by atoms with Gasteiger partial charge in [0.15, 0.2) is 17.2 Å². The number of rotatable bonds is 3. The lowest BCUT2D eigenvalue weighted by molar-refractivity contribution is -0.116. The zero-order chi connectivity index (χ0) is 26.4. The van der Waals surface area contributed by atoms with E-state index in [-0.39, 0.29) is 18.4 Å². The van der Waals surface area contributed by atoms with E-state index in [0.717, 1.165) is 31.4 Å². The maximum absolute atomic E-state index is 13.5. The van der Waals surface area contributed by atoms with Gasteiger partial charge < -0.3 is 19.7 Å². The second-order valence-corrected chi connectivity index (χ2v) is 10.1. The van der Waals surface area contributed by atoms with Gasteiger partial charge in [0.25, 0.3) is 5.91 Å². The van der Waals surface area contributed by atoms with E-state index in [1.54, 1.807) is 34.8 Å². The van der Waals surface area contributed by atoms with Crippen LogP contribution in [0.5, 0.6) is 17.2 Å². The van der Waals surface area contributed by atoms with E-state index in [1.165, 1.54) is 0 Å². The summed E-state index contributed by atoms with van der Waals surface area (Å²) < 4.78 is 13.7. The molecule has 2 amide bonds. The van der Waals surface area contributed by atoms with Gasteiger partial charge in [0.05, 0.1) is 18.0 Å². The summed E-state index contributed by atoms with van der Waals surface area (Å²) in [5.41, 5.74) is 1.74. The Bertz CT molecular complexity index is 1260. The van der Waals surface area contributed by atoms with Crippen LogP contribution in [-0.4, -0.2) is 46.2 Å². The third kappa shape index (κ3) is 7.04. The quantitative estimate of drug-likeness (QED) is 0.474. The number of para-hydroxylation sites is 2. The van der Waals surface area contributed by atoms with Crippen LogP contribution >= 0.6 is 11.6 Å². The molecule has 0 saturated heterocycles. The van der Waals surface area contributed by atoms with E-state index in [1.807, 2.05) is 30.3 Å². The van der Waals surface area contributed by atoms with Crippen molar-refractivity contribution in [3.05, 3.63) is 64.9 Å². The van der Waals surface area contributed by atoms with Crippen LogP contribution in [0.25, 0.3) is 0 Å². The second-order valence-electron chi connectivity index (χ2n) is 9.62. The lowest BCUT2D eigenvalue weighted by Gasteiger charge is -2.22. The van der Waals surface area contributed by atoms with Crippen molar-refractivity contribution >= 4 is 29.1 Å². The van der Waals surface area contributed by atoms with Gasteiger partial charge in [0, 0.05) is 18.6 Å². The Morgan fingerprint density at radius 3 is 2.65 bits per heavy atom. The Hall–Kier alpha value is -3.52. The highest BCUT2D eigenvalue weighted by Crippen LogP contribution is 2.36. The van der Waals surface area contributed by atoms with Crippen molar-refractivity contribution in [1.29, 1.82) is 0 Å². The molecule has 0 saturated carbocycles. The summed E-state index contributed by atoms with van der Waals surface area (Å²) in [4.78, 5) is 28.3. The number of hydrogen-bond donors (Lipinski definition) is 1. The fourth-order valence-electron chi connectivity index (χ4n) is 4.25. The minimum Gasteiger partial charge on any atom is -0.490 e. The molecule has 8 nitrogen and oxygen atoms in total. The van der Waals surface area contributed by atoms with Crippen LogP contribution in [0.3, 0.4) is 0 Å². The van der Waals surface area contributed by atoms with E-state index in [2.05, 4.69) is 24.3 Å². The summed E-state index contributed by atoms with van der Waals surface area (Å²) in [5, 5.41) is 7.83. The molecule has 196 valence electrons. The van der Waals surface area contributed by atoms with E-state index >= 15 is 0 Å². The van der Waals surface area contributed by atoms with Gasteiger partial charge in [-0.05, 0) is 68.0 Å². The summed E-state index contributed by atoms with van der Waals surface area (Å²) in [6, 6.07) is 14.2. The molecule has 1 aromatic heterocycles. The first-order valence-corrected chi connectivity index (χ1v) is 13.0. The van der Waals surface area contributed by atoms with Crippen molar-refractivity contribution in [3.63, 3.8) is 0 Å². The predicted molar refractivity (Wildman–Crippen MR) is 144 cm³/mol. The highest BCUT2D eigenvalue weighted by Gasteiger charge is 2.23. The number of nitrogens with one attached hydrogen (secondary N) is 1. The zero-order valence-corrected chi connectivity index (χ0v) is 22.3. The van der Waals surface area contributed by atoms with Crippen molar-refractivity contribution in [1.82, 2.24) is 14.7 Å². The molecule has 0 aliphatic carbocycles. The standard InChI is InChI=1S/C28H33ClN4O4/c1-19(2)15-21-17-23(32(3)31-21)28(35)33-13-7-4-8-14-36-25-9-5-6-10-26(25)37-24-12-11-20(29)16-22(24)30-27(34)18-33/h5-6,9-12,16-17,19H,4,7-8,13-15,18H2,1-3H3,(H,30,34). The van der Waals surface area contributed by atoms with E-state index < -0.39 is 0 Å². The summed E-state index contributed by atoms with van der Waals surface area (Å²) in [7, 11) is 1.76. The molecule has 0 radical (unpaired) electrons. The van der Waals surface area contributed by atoms with Crippen LogP contribution in [0, 0.1) is 5.92 Å². The molecular formula is C28H33ClN4O4. The number of hydrogen-bond acceptors (Lipinski definition) is 5. The van der Waals surface area contributed by atoms with Crippen molar-refractivity contribution in [3.8, 4) is 17.2 Å². The summed E-state index contributed by atoms with van der Waals surface area (Å²) in [5.74, 6) is 1.44. The first kappa shape index (κ1) is 26.5.